The Morgan fingerprint density at radius 1 is 0.909 bits per heavy atom. The minimum Gasteiger partial charge on any atom is -0.341 e. The fourth-order valence-corrected chi connectivity index (χ4v) is 3.64. The molecule has 116 valence electrons. The molecule has 1 heterocycles. The SMILES string of the molecule is C[C@@H](CN1c2ccccc2CCc2ccccc21)C[NH+](C)C. The normalized spacial score (nSPS) is 15.2. The Hall–Kier alpha value is -1.80. The van der Waals surface area contributed by atoms with Crippen molar-refractivity contribution >= 4 is 11.4 Å². The van der Waals surface area contributed by atoms with E-state index in [0.717, 1.165) is 19.4 Å². The number of benzene rings is 2. The molecule has 2 heteroatoms. The van der Waals surface area contributed by atoms with E-state index in [1.807, 2.05) is 0 Å². The van der Waals surface area contributed by atoms with Crippen LogP contribution in [0, 0.1) is 5.92 Å². The highest BCUT2D eigenvalue weighted by atomic mass is 15.2. The largest absolute Gasteiger partial charge is 0.341 e. The first-order valence-corrected chi connectivity index (χ1v) is 8.37. The second kappa shape index (κ2) is 6.53. The fourth-order valence-electron chi connectivity index (χ4n) is 3.64. The Balaban J connectivity index is 1.99. The average molecular weight is 295 g/mol. The second-order valence-electron chi connectivity index (χ2n) is 6.88. The van der Waals surface area contributed by atoms with Gasteiger partial charge in [-0.3, -0.25) is 0 Å². The summed E-state index contributed by atoms with van der Waals surface area (Å²) in [5.41, 5.74) is 5.74. The number of hydrogen-bond acceptors (Lipinski definition) is 1. The number of hydrogen-bond donors (Lipinski definition) is 1. The van der Waals surface area contributed by atoms with Crippen LogP contribution < -0.4 is 9.80 Å². The summed E-state index contributed by atoms with van der Waals surface area (Å²) in [7, 11) is 4.47. The molecule has 0 fully saturated rings. The van der Waals surface area contributed by atoms with Gasteiger partial charge in [0.05, 0.1) is 20.6 Å². The predicted octanol–water partition coefficient (Wildman–Crippen LogP) is 2.70. The maximum absolute atomic E-state index is 2.55. The highest BCUT2D eigenvalue weighted by molar-refractivity contribution is 5.71. The Bertz CT molecular complexity index is 586. The summed E-state index contributed by atoms with van der Waals surface area (Å²) in [6.07, 6.45) is 2.27. The number of fused-ring (bicyclic) bond motifs is 2. The molecule has 0 spiro atoms. The highest BCUT2D eigenvalue weighted by Crippen LogP contribution is 2.36. The molecule has 0 unspecified atom stereocenters. The Morgan fingerprint density at radius 3 is 1.91 bits per heavy atom. The molecule has 0 aliphatic carbocycles. The quantitative estimate of drug-likeness (QED) is 0.911. The van der Waals surface area contributed by atoms with Gasteiger partial charge < -0.3 is 9.80 Å². The van der Waals surface area contributed by atoms with E-state index >= 15 is 0 Å². The number of rotatable bonds is 4. The molecule has 1 atom stereocenters. The molecule has 0 aromatic heterocycles. The third-order valence-corrected chi connectivity index (χ3v) is 4.48. The lowest BCUT2D eigenvalue weighted by Gasteiger charge is -2.30. The van der Waals surface area contributed by atoms with Crippen LogP contribution in [-0.4, -0.2) is 27.2 Å². The van der Waals surface area contributed by atoms with E-state index in [0.29, 0.717) is 5.92 Å². The van der Waals surface area contributed by atoms with Gasteiger partial charge in [-0.15, -0.1) is 0 Å². The van der Waals surface area contributed by atoms with Crippen LogP contribution in [0.1, 0.15) is 18.1 Å². The maximum Gasteiger partial charge on any atom is 0.0810 e. The lowest BCUT2D eigenvalue weighted by Crippen LogP contribution is -3.06. The number of anilines is 2. The maximum atomic E-state index is 2.55. The summed E-state index contributed by atoms with van der Waals surface area (Å²) in [5.74, 6) is 0.657. The van der Waals surface area contributed by atoms with E-state index in [1.165, 1.54) is 33.9 Å². The molecule has 1 aliphatic heterocycles. The van der Waals surface area contributed by atoms with E-state index in [4.69, 9.17) is 0 Å². The number of para-hydroxylation sites is 2. The zero-order valence-corrected chi connectivity index (χ0v) is 14.0. The monoisotopic (exact) mass is 295 g/mol. The van der Waals surface area contributed by atoms with E-state index in [2.05, 4.69) is 74.4 Å². The molecular formula is C20H27N2+. The van der Waals surface area contributed by atoms with Gasteiger partial charge in [-0.2, -0.15) is 0 Å². The van der Waals surface area contributed by atoms with Crippen molar-refractivity contribution in [3.05, 3.63) is 59.7 Å². The van der Waals surface area contributed by atoms with Gasteiger partial charge in [0.25, 0.3) is 0 Å². The zero-order valence-electron chi connectivity index (χ0n) is 14.0. The molecule has 0 saturated carbocycles. The first-order valence-electron chi connectivity index (χ1n) is 8.37. The van der Waals surface area contributed by atoms with E-state index in [9.17, 15) is 0 Å². The second-order valence-corrected chi connectivity index (χ2v) is 6.88. The number of nitrogens with zero attached hydrogens (tertiary/aromatic N) is 1. The highest BCUT2D eigenvalue weighted by Gasteiger charge is 2.22. The zero-order chi connectivity index (χ0) is 15.5. The van der Waals surface area contributed by atoms with Crippen molar-refractivity contribution in [2.75, 3.05) is 32.1 Å². The molecule has 0 radical (unpaired) electrons. The number of nitrogens with one attached hydrogen (secondary N) is 1. The smallest absolute Gasteiger partial charge is 0.0810 e. The third-order valence-electron chi connectivity index (χ3n) is 4.48. The summed E-state index contributed by atoms with van der Waals surface area (Å²) in [6.45, 7) is 4.64. The summed E-state index contributed by atoms with van der Waals surface area (Å²) in [5, 5.41) is 0. The molecule has 1 aliphatic rings. The lowest BCUT2D eigenvalue weighted by atomic mass is 10.0. The van der Waals surface area contributed by atoms with Crippen LogP contribution in [0.2, 0.25) is 0 Å². The first kappa shape index (κ1) is 15.1. The number of quaternary nitrogens is 1. The van der Waals surface area contributed by atoms with Crippen molar-refractivity contribution in [3.8, 4) is 0 Å². The van der Waals surface area contributed by atoms with Gasteiger partial charge in [0.2, 0.25) is 0 Å². The van der Waals surface area contributed by atoms with Crippen molar-refractivity contribution in [2.45, 2.75) is 19.8 Å². The standard InChI is InChI=1S/C20H26N2/c1-16(14-21(2)3)15-22-19-10-6-4-8-17(19)12-13-18-9-5-7-11-20(18)22/h4-11,16H,12-15H2,1-3H3/p+1/t16-/m1/s1. The summed E-state index contributed by atoms with van der Waals surface area (Å²) in [4.78, 5) is 4.06. The van der Waals surface area contributed by atoms with E-state index in [-0.39, 0.29) is 0 Å². The van der Waals surface area contributed by atoms with Crippen LogP contribution in [0.25, 0.3) is 0 Å². The molecule has 0 amide bonds. The lowest BCUT2D eigenvalue weighted by molar-refractivity contribution is -0.861. The summed E-state index contributed by atoms with van der Waals surface area (Å²) >= 11 is 0. The molecule has 2 aromatic rings. The van der Waals surface area contributed by atoms with E-state index < -0.39 is 0 Å². The Morgan fingerprint density at radius 2 is 1.41 bits per heavy atom. The van der Waals surface area contributed by atoms with Crippen LogP contribution >= 0.6 is 0 Å². The van der Waals surface area contributed by atoms with Gasteiger partial charge in [-0.05, 0) is 36.1 Å². The first-order chi connectivity index (χ1) is 10.6. The predicted molar refractivity (Wildman–Crippen MR) is 94.1 cm³/mol. The van der Waals surface area contributed by atoms with Crippen LogP contribution in [-0.2, 0) is 12.8 Å². The molecule has 22 heavy (non-hydrogen) atoms. The minimum absolute atomic E-state index is 0.657. The number of aryl methyl sites for hydroxylation is 2. The van der Waals surface area contributed by atoms with Crippen molar-refractivity contribution in [3.63, 3.8) is 0 Å². The minimum atomic E-state index is 0.657. The van der Waals surface area contributed by atoms with Gasteiger partial charge >= 0.3 is 0 Å². The molecule has 2 nitrogen and oxygen atoms in total. The topological polar surface area (TPSA) is 7.68 Å². The van der Waals surface area contributed by atoms with Gasteiger partial charge in [-0.1, -0.05) is 43.3 Å². The van der Waals surface area contributed by atoms with Crippen molar-refractivity contribution in [2.24, 2.45) is 5.92 Å². The molecule has 1 N–H and O–H groups in total. The van der Waals surface area contributed by atoms with E-state index in [1.54, 1.807) is 0 Å². The fraction of sp³-hybridized carbons (Fsp3) is 0.400. The van der Waals surface area contributed by atoms with Crippen molar-refractivity contribution in [1.29, 1.82) is 0 Å². The summed E-state index contributed by atoms with van der Waals surface area (Å²) in [6, 6.07) is 17.8. The van der Waals surface area contributed by atoms with Crippen LogP contribution in [0.15, 0.2) is 48.5 Å². The van der Waals surface area contributed by atoms with Crippen LogP contribution in [0.4, 0.5) is 11.4 Å². The van der Waals surface area contributed by atoms with Crippen molar-refractivity contribution < 1.29 is 4.90 Å². The van der Waals surface area contributed by atoms with Gasteiger partial charge in [-0.25, -0.2) is 0 Å². The van der Waals surface area contributed by atoms with Gasteiger partial charge in [0, 0.05) is 23.8 Å². The molecule has 0 saturated heterocycles. The Kier molecular flexibility index (Phi) is 4.49. The summed E-state index contributed by atoms with van der Waals surface area (Å²) < 4.78 is 0. The molecule has 0 bridgehead atoms. The molecular weight excluding hydrogens is 268 g/mol. The van der Waals surface area contributed by atoms with Crippen LogP contribution in [0.5, 0.6) is 0 Å². The van der Waals surface area contributed by atoms with Gasteiger partial charge in [0.15, 0.2) is 0 Å². The van der Waals surface area contributed by atoms with Gasteiger partial charge in [0.1, 0.15) is 0 Å². The molecule has 2 aromatic carbocycles. The van der Waals surface area contributed by atoms with Crippen LogP contribution in [0.3, 0.4) is 0 Å². The van der Waals surface area contributed by atoms with Crippen molar-refractivity contribution in [1.82, 2.24) is 0 Å². The Labute approximate surface area is 134 Å². The third kappa shape index (κ3) is 3.17. The molecule has 3 rings (SSSR count). The average Bonchev–Trinajstić information content (AvgIpc) is 2.65.